The van der Waals surface area contributed by atoms with Crippen LogP contribution in [0.4, 0.5) is 5.82 Å². The molecule has 124 valence electrons. The Bertz CT molecular complexity index is 587. The van der Waals surface area contributed by atoms with Gasteiger partial charge >= 0.3 is 0 Å². The number of nitrogens with one attached hydrogen (secondary N) is 1. The van der Waals surface area contributed by atoms with Gasteiger partial charge in [0.1, 0.15) is 11.9 Å². The topological polar surface area (TPSA) is 72.3 Å². The lowest BCUT2D eigenvalue weighted by atomic mass is 10.1. The number of amides is 1. The molecule has 1 N–H and O–H groups in total. The SMILES string of the molecule is CC(C)(C)NC(=O)CN1CCCN(c2ncccc2C#N)CC1. The third kappa shape index (κ3) is 5.22. The second kappa shape index (κ2) is 7.42. The van der Waals surface area contributed by atoms with Crippen molar-refractivity contribution >= 4 is 11.7 Å². The number of anilines is 1. The van der Waals surface area contributed by atoms with E-state index in [-0.39, 0.29) is 11.4 Å². The molecule has 6 heteroatoms. The summed E-state index contributed by atoms with van der Waals surface area (Å²) >= 11 is 0. The van der Waals surface area contributed by atoms with E-state index in [0.717, 1.165) is 38.4 Å². The van der Waals surface area contributed by atoms with Crippen LogP contribution in [-0.2, 0) is 4.79 Å². The first kappa shape index (κ1) is 17.2. The van der Waals surface area contributed by atoms with Gasteiger partial charge in [-0.15, -0.1) is 0 Å². The molecule has 2 heterocycles. The molecule has 0 aliphatic carbocycles. The number of carbonyl (C=O) groups excluding carboxylic acids is 1. The van der Waals surface area contributed by atoms with Crippen LogP contribution < -0.4 is 10.2 Å². The number of hydrogen-bond acceptors (Lipinski definition) is 5. The molecule has 0 unspecified atom stereocenters. The summed E-state index contributed by atoms with van der Waals surface area (Å²) in [6.45, 7) is 9.66. The van der Waals surface area contributed by atoms with E-state index < -0.39 is 0 Å². The maximum absolute atomic E-state index is 12.1. The minimum atomic E-state index is -0.204. The fourth-order valence-electron chi connectivity index (χ4n) is 2.74. The van der Waals surface area contributed by atoms with Gasteiger partial charge in [0.2, 0.25) is 5.91 Å². The zero-order valence-corrected chi connectivity index (χ0v) is 14.2. The lowest BCUT2D eigenvalue weighted by Gasteiger charge is -2.25. The molecule has 23 heavy (non-hydrogen) atoms. The summed E-state index contributed by atoms with van der Waals surface area (Å²) in [4.78, 5) is 20.7. The standard InChI is InChI=1S/C17H25N5O/c1-17(2,3)20-15(23)13-21-8-5-9-22(11-10-21)16-14(12-18)6-4-7-19-16/h4,6-7H,5,8-11,13H2,1-3H3,(H,20,23). The lowest BCUT2D eigenvalue weighted by Crippen LogP contribution is -2.46. The monoisotopic (exact) mass is 315 g/mol. The molecule has 0 atom stereocenters. The molecular formula is C17H25N5O. The molecule has 0 bridgehead atoms. The second-order valence-corrected chi connectivity index (χ2v) is 6.90. The Hall–Kier alpha value is -2.13. The molecule has 0 saturated carbocycles. The van der Waals surface area contributed by atoms with Crippen LogP contribution in [0.25, 0.3) is 0 Å². The zero-order valence-electron chi connectivity index (χ0n) is 14.2. The molecule has 1 saturated heterocycles. The summed E-state index contributed by atoms with van der Waals surface area (Å²) in [6.07, 6.45) is 2.67. The largest absolute Gasteiger partial charge is 0.354 e. The van der Waals surface area contributed by atoms with E-state index in [9.17, 15) is 10.1 Å². The molecule has 0 radical (unpaired) electrons. The highest BCUT2D eigenvalue weighted by Crippen LogP contribution is 2.18. The fraction of sp³-hybridized carbons (Fsp3) is 0.588. The molecule has 1 aromatic rings. The molecule has 0 spiro atoms. The van der Waals surface area contributed by atoms with Gasteiger partial charge in [0.15, 0.2) is 0 Å². The average molecular weight is 315 g/mol. The molecule has 2 rings (SSSR count). The van der Waals surface area contributed by atoms with Crippen molar-refractivity contribution in [3.63, 3.8) is 0 Å². The van der Waals surface area contributed by atoms with Gasteiger partial charge in [0.25, 0.3) is 0 Å². The highest BCUT2D eigenvalue weighted by atomic mass is 16.2. The molecule has 1 amide bonds. The molecule has 6 nitrogen and oxygen atoms in total. The number of pyridine rings is 1. The van der Waals surface area contributed by atoms with Crippen molar-refractivity contribution in [2.75, 3.05) is 37.6 Å². The van der Waals surface area contributed by atoms with Crippen LogP contribution in [-0.4, -0.2) is 54.1 Å². The van der Waals surface area contributed by atoms with E-state index in [1.54, 1.807) is 18.3 Å². The fourth-order valence-corrected chi connectivity index (χ4v) is 2.74. The molecular weight excluding hydrogens is 290 g/mol. The molecule has 1 aromatic heterocycles. The predicted molar refractivity (Wildman–Crippen MR) is 90.1 cm³/mol. The van der Waals surface area contributed by atoms with E-state index in [4.69, 9.17) is 0 Å². The summed E-state index contributed by atoms with van der Waals surface area (Å²) in [5.74, 6) is 0.803. The number of nitrogens with zero attached hydrogens (tertiary/aromatic N) is 4. The first-order chi connectivity index (χ1) is 10.9. The van der Waals surface area contributed by atoms with E-state index in [1.807, 2.05) is 20.8 Å². The minimum Gasteiger partial charge on any atom is -0.354 e. The Labute approximate surface area is 138 Å². The van der Waals surface area contributed by atoms with Crippen LogP contribution in [0.3, 0.4) is 0 Å². The Kier molecular flexibility index (Phi) is 5.56. The van der Waals surface area contributed by atoms with Crippen LogP contribution in [0.2, 0.25) is 0 Å². The van der Waals surface area contributed by atoms with Gasteiger partial charge in [-0.05, 0) is 39.3 Å². The third-order valence-electron chi connectivity index (χ3n) is 3.68. The van der Waals surface area contributed by atoms with Gasteiger partial charge in [-0.1, -0.05) is 0 Å². The molecule has 0 aromatic carbocycles. The van der Waals surface area contributed by atoms with Crippen molar-refractivity contribution in [2.45, 2.75) is 32.7 Å². The van der Waals surface area contributed by atoms with E-state index in [2.05, 4.69) is 26.2 Å². The summed E-state index contributed by atoms with van der Waals surface area (Å²) in [6, 6.07) is 5.77. The quantitative estimate of drug-likeness (QED) is 0.912. The number of aromatic nitrogens is 1. The number of nitriles is 1. The Morgan fingerprint density at radius 2 is 2.13 bits per heavy atom. The summed E-state index contributed by atoms with van der Waals surface area (Å²) < 4.78 is 0. The van der Waals surface area contributed by atoms with Crippen molar-refractivity contribution in [3.8, 4) is 6.07 Å². The van der Waals surface area contributed by atoms with Crippen LogP contribution in [0.15, 0.2) is 18.3 Å². The second-order valence-electron chi connectivity index (χ2n) is 6.90. The van der Waals surface area contributed by atoms with Crippen molar-refractivity contribution in [1.29, 1.82) is 5.26 Å². The van der Waals surface area contributed by atoms with Crippen molar-refractivity contribution < 1.29 is 4.79 Å². The molecule has 1 aliphatic heterocycles. The van der Waals surface area contributed by atoms with Crippen LogP contribution in [0, 0.1) is 11.3 Å². The normalized spacial score (nSPS) is 16.5. The van der Waals surface area contributed by atoms with Crippen LogP contribution in [0.5, 0.6) is 0 Å². The van der Waals surface area contributed by atoms with Gasteiger partial charge in [0.05, 0.1) is 12.1 Å². The summed E-state index contributed by atoms with van der Waals surface area (Å²) in [7, 11) is 0. The van der Waals surface area contributed by atoms with Gasteiger partial charge in [0, 0.05) is 37.9 Å². The average Bonchev–Trinajstić information content (AvgIpc) is 2.70. The zero-order chi connectivity index (χ0) is 16.9. The van der Waals surface area contributed by atoms with Gasteiger partial charge in [-0.2, -0.15) is 5.26 Å². The van der Waals surface area contributed by atoms with Crippen molar-refractivity contribution in [3.05, 3.63) is 23.9 Å². The van der Waals surface area contributed by atoms with Crippen LogP contribution >= 0.6 is 0 Å². The van der Waals surface area contributed by atoms with E-state index in [0.29, 0.717) is 12.1 Å². The summed E-state index contributed by atoms with van der Waals surface area (Å²) in [5, 5.41) is 12.2. The Morgan fingerprint density at radius 3 is 2.83 bits per heavy atom. The van der Waals surface area contributed by atoms with Gasteiger partial charge in [-0.3, -0.25) is 9.69 Å². The van der Waals surface area contributed by atoms with Crippen LogP contribution in [0.1, 0.15) is 32.8 Å². The molecule has 1 aliphatic rings. The predicted octanol–water partition coefficient (Wildman–Crippen LogP) is 1.38. The minimum absolute atomic E-state index is 0.0569. The van der Waals surface area contributed by atoms with E-state index >= 15 is 0 Å². The maximum atomic E-state index is 12.1. The Balaban J connectivity index is 1.95. The number of rotatable bonds is 3. The van der Waals surface area contributed by atoms with E-state index in [1.165, 1.54) is 0 Å². The highest BCUT2D eigenvalue weighted by Gasteiger charge is 2.21. The van der Waals surface area contributed by atoms with Crippen molar-refractivity contribution in [2.24, 2.45) is 0 Å². The third-order valence-corrected chi connectivity index (χ3v) is 3.68. The molecule has 1 fully saturated rings. The van der Waals surface area contributed by atoms with Gasteiger partial charge < -0.3 is 10.2 Å². The van der Waals surface area contributed by atoms with Crippen molar-refractivity contribution in [1.82, 2.24) is 15.2 Å². The number of hydrogen-bond donors (Lipinski definition) is 1. The smallest absolute Gasteiger partial charge is 0.234 e. The first-order valence-electron chi connectivity index (χ1n) is 8.02. The lowest BCUT2D eigenvalue weighted by molar-refractivity contribution is -0.123. The number of carbonyl (C=O) groups is 1. The maximum Gasteiger partial charge on any atom is 0.234 e. The summed E-state index contributed by atoms with van der Waals surface area (Å²) in [5.41, 5.74) is 0.399. The Morgan fingerprint density at radius 1 is 1.35 bits per heavy atom. The first-order valence-corrected chi connectivity index (χ1v) is 8.02. The van der Waals surface area contributed by atoms with Gasteiger partial charge in [-0.25, -0.2) is 4.98 Å². The highest BCUT2D eigenvalue weighted by molar-refractivity contribution is 5.78.